The first kappa shape index (κ1) is 9.85. The van der Waals surface area contributed by atoms with Crippen molar-refractivity contribution in [3.05, 3.63) is 5.69 Å². The van der Waals surface area contributed by atoms with Crippen molar-refractivity contribution in [3.63, 3.8) is 0 Å². The molecule has 1 rings (SSSR count). The SMILES string of the molecule is CC(C)(C)OCc1[nH]c(N)nc1O. The van der Waals surface area contributed by atoms with Crippen LogP contribution in [-0.2, 0) is 11.3 Å². The summed E-state index contributed by atoms with van der Waals surface area (Å²) in [7, 11) is 0. The molecule has 0 aliphatic heterocycles. The smallest absolute Gasteiger partial charge is 0.236 e. The first-order valence-electron chi connectivity index (χ1n) is 4.06. The topological polar surface area (TPSA) is 84.2 Å². The van der Waals surface area contributed by atoms with E-state index in [4.69, 9.17) is 10.5 Å². The fourth-order valence-corrected chi connectivity index (χ4v) is 0.809. The highest BCUT2D eigenvalue weighted by atomic mass is 16.5. The molecule has 5 heteroatoms. The second-order valence-electron chi connectivity index (χ2n) is 3.83. The van der Waals surface area contributed by atoms with Gasteiger partial charge in [-0.25, -0.2) is 0 Å². The summed E-state index contributed by atoms with van der Waals surface area (Å²) in [6.45, 7) is 6.08. The lowest BCUT2D eigenvalue weighted by Crippen LogP contribution is -2.18. The van der Waals surface area contributed by atoms with Crippen molar-refractivity contribution in [1.82, 2.24) is 9.97 Å². The van der Waals surface area contributed by atoms with Gasteiger partial charge in [-0.1, -0.05) is 0 Å². The summed E-state index contributed by atoms with van der Waals surface area (Å²) in [5, 5.41) is 9.23. The first-order valence-corrected chi connectivity index (χ1v) is 4.06. The van der Waals surface area contributed by atoms with Gasteiger partial charge in [-0.3, -0.25) is 0 Å². The van der Waals surface area contributed by atoms with Gasteiger partial charge in [-0.05, 0) is 20.8 Å². The average molecular weight is 185 g/mol. The summed E-state index contributed by atoms with van der Waals surface area (Å²) < 4.78 is 5.42. The second-order valence-corrected chi connectivity index (χ2v) is 3.83. The molecule has 0 fully saturated rings. The van der Waals surface area contributed by atoms with Crippen LogP contribution in [0.2, 0.25) is 0 Å². The molecule has 0 aliphatic carbocycles. The molecule has 0 unspecified atom stereocenters. The Morgan fingerprint density at radius 3 is 2.54 bits per heavy atom. The molecule has 0 saturated heterocycles. The van der Waals surface area contributed by atoms with Gasteiger partial charge >= 0.3 is 0 Å². The summed E-state index contributed by atoms with van der Waals surface area (Å²) in [6.07, 6.45) is 0. The molecule has 13 heavy (non-hydrogen) atoms. The Morgan fingerprint density at radius 2 is 2.15 bits per heavy atom. The van der Waals surface area contributed by atoms with E-state index in [1.807, 2.05) is 20.8 Å². The Bertz CT molecular complexity index is 288. The third-order valence-corrected chi connectivity index (χ3v) is 1.42. The van der Waals surface area contributed by atoms with Gasteiger partial charge in [0, 0.05) is 0 Å². The maximum Gasteiger partial charge on any atom is 0.236 e. The zero-order valence-electron chi connectivity index (χ0n) is 8.09. The Kier molecular flexibility index (Phi) is 2.47. The van der Waals surface area contributed by atoms with Crippen LogP contribution in [0.3, 0.4) is 0 Å². The van der Waals surface area contributed by atoms with E-state index in [1.165, 1.54) is 0 Å². The monoisotopic (exact) mass is 185 g/mol. The zero-order chi connectivity index (χ0) is 10.1. The molecule has 4 N–H and O–H groups in total. The lowest BCUT2D eigenvalue weighted by atomic mass is 10.2. The van der Waals surface area contributed by atoms with Crippen molar-refractivity contribution >= 4 is 5.95 Å². The number of imidazole rings is 1. The number of H-pyrrole nitrogens is 1. The van der Waals surface area contributed by atoms with E-state index >= 15 is 0 Å². The third-order valence-electron chi connectivity index (χ3n) is 1.42. The molecule has 0 saturated carbocycles. The molecular weight excluding hydrogens is 170 g/mol. The van der Waals surface area contributed by atoms with Gasteiger partial charge in [-0.15, -0.1) is 0 Å². The summed E-state index contributed by atoms with van der Waals surface area (Å²) in [5.74, 6) is 0.103. The maximum absolute atomic E-state index is 9.23. The number of hydrogen-bond donors (Lipinski definition) is 3. The highest BCUT2D eigenvalue weighted by molar-refractivity contribution is 5.28. The minimum atomic E-state index is -0.244. The van der Waals surface area contributed by atoms with E-state index in [1.54, 1.807) is 0 Å². The molecule has 0 spiro atoms. The lowest BCUT2D eigenvalue weighted by molar-refractivity contribution is -0.0170. The van der Waals surface area contributed by atoms with Crippen LogP contribution in [0.5, 0.6) is 5.88 Å². The molecule has 5 nitrogen and oxygen atoms in total. The molecule has 0 amide bonds. The summed E-state index contributed by atoms with van der Waals surface area (Å²) in [6, 6.07) is 0. The molecule has 0 aliphatic rings. The van der Waals surface area contributed by atoms with Gasteiger partial charge in [0.05, 0.1) is 12.2 Å². The van der Waals surface area contributed by atoms with Gasteiger partial charge in [0.1, 0.15) is 5.69 Å². The Hall–Kier alpha value is -1.23. The summed E-state index contributed by atoms with van der Waals surface area (Å²) in [4.78, 5) is 6.32. The van der Waals surface area contributed by atoms with Crippen LogP contribution in [0, 0.1) is 0 Å². The number of anilines is 1. The van der Waals surface area contributed by atoms with Crippen LogP contribution in [0.4, 0.5) is 5.95 Å². The van der Waals surface area contributed by atoms with Crippen LogP contribution in [0.25, 0.3) is 0 Å². The van der Waals surface area contributed by atoms with Crippen LogP contribution in [0.15, 0.2) is 0 Å². The van der Waals surface area contributed by atoms with Crippen LogP contribution >= 0.6 is 0 Å². The van der Waals surface area contributed by atoms with Gasteiger partial charge < -0.3 is 20.6 Å². The predicted octanol–water partition coefficient (Wildman–Crippen LogP) is 1.01. The Morgan fingerprint density at radius 1 is 1.54 bits per heavy atom. The van der Waals surface area contributed by atoms with Crippen molar-refractivity contribution in [2.45, 2.75) is 33.0 Å². The highest BCUT2D eigenvalue weighted by Crippen LogP contribution is 2.18. The van der Waals surface area contributed by atoms with E-state index < -0.39 is 0 Å². The molecule has 0 bridgehead atoms. The number of ether oxygens (including phenoxy) is 1. The average Bonchev–Trinajstić information content (AvgIpc) is 2.24. The van der Waals surface area contributed by atoms with Crippen LogP contribution in [-0.4, -0.2) is 20.7 Å². The van der Waals surface area contributed by atoms with E-state index in [2.05, 4.69) is 9.97 Å². The Balaban J connectivity index is 2.59. The van der Waals surface area contributed by atoms with Gasteiger partial charge in [0.2, 0.25) is 11.8 Å². The fourth-order valence-electron chi connectivity index (χ4n) is 0.809. The summed E-state index contributed by atoms with van der Waals surface area (Å²) in [5.41, 5.74) is 5.60. The Labute approximate surface area is 76.9 Å². The number of nitrogens with two attached hydrogens (primary N) is 1. The number of aromatic amines is 1. The highest BCUT2D eigenvalue weighted by Gasteiger charge is 2.13. The molecule has 1 heterocycles. The van der Waals surface area contributed by atoms with Gasteiger partial charge in [-0.2, -0.15) is 4.98 Å². The molecular formula is C8H15N3O2. The standard InChI is InChI=1S/C8H15N3O2/c1-8(2,3)13-4-5-6(12)11-7(9)10-5/h12H,4H2,1-3H3,(H3,9,10,11). The predicted molar refractivity (Wildman–Crippen MR) is 49.2 cm³/mol. The minimum Gasteiger partial charge on any atom is -0.492 e. The van der Waals surface area contributed by atoms with Gasteiger partial charge in [0.15, 0.2) is 0 Å². The third kappa shape index (κ3) is 2.95. The maximum atomic E-state index is 9.23. The lowest BCUT2D eigenvalue weighted by Gasteiger charge is -2.18. The van der Waals surface area contributed by atoms with Crippen molar-refractivity contribution < 1.29 is 9.84 Å². The van der Waals surface area contributed by atoms with Crippen molar-refractivity contribution in [3.8, 4) is 5.88 Å². The van der Waals surface area contributed by atoms with Crippen LogP contribution < -0.4 is 5.73 Å². The number of nitrogens with one attached hydrogen (secondary N) is 1. The first-order chi connectivity index (χ1) is 5.88. The van der Waals surface area contributed by atoms with E-state index in [0.29, 0.717) is 5.69 Å². The molecule has 74 valence electrons. The molecule has 0 radical (unpaired) electrons. The van der Waals surface area contributed by atoms with E-state index in [9.17, 15) is 5.11 Å². The number of aromatic nitrogens is 2. The van der Waals surface area contributed by atoms with Crippen molar-refractivity contribution in [2.24, 2.45) is 0 Å². The van der Waals surface area contributed by atoms with Gasteiger partial charge in [0.25, 0.3) is 0 Å². The fraction of sp³-hybridized carbons (Fsp3) is 0.625. The number of nitrogen functional groups attached to an aromatic ring is 1. The molecule has 1 aromatic heterocycles. The van der Waals surface area contributed by atoms with Crippen molar-refractivity contribution in [1.29, 1.82) is 0 Å². The van der Waals surface area contributed by atoms with E-state index in [0.717, 1.165) is 0 Å². The molecule has 1 aromatic rings. The largest absolute Gasteiger partial charge is 0.492 e. The zero-order valence-corrected chi connectivity index (χ0v) is 8.09. The minimum absolute atomic E-state index is 0.0956. The second kappa shape index (κ2) is 3.26. The van der Waals surface area contributed by atoms with E-state index in [-0.39, 0.29) is 24.0 Å². The number of rotatable bonds is 2. The number of aromatic hydroxyl groups is 1. The number of nitrogens with zero attached hydrogens (tertiary/aromatic N) is 1. The molecule has 0 atom stereocenters. The van der Waals surface area contributed by atoms with Crippen molar-refractivity contribution in [2.75, 3.05) is 5.73 Å². The van der Waals surface area contributed by atoms with Crippen LogP contribution in [0.1, 0.15) is 26.5 Å². The quantitative estimate of drug-likeness (QED) is 0.642. The number of hydrogen-bond acceptors (Lipinski definition) is 4. The summed E-state index contributed by atoms with van der Waals surface area (Å²) >= 11 is 0. The normalized spacial score (nSPS) is 11.9. The molecule has 0 aromatic carbocycles.